The number of fused-ring (bicyclic) bond motifs is 1. The zero-order valence-corrected chi connectivity index (χ0v) is 17.4. The van der Waals surface area contributed by atoms with Crippen molar-refractivity contribution in [1.82, 2.24) is 20.0 Å². The number of hydrogen-bond donors (Lipinski definition) is 2. The van der Waals surface area contributed by atoms with Crippen LogP contribution in [-0.4, -0.2) is 25.9 Å². The van der Waals surface area contributed by atoms with Gasteiger partial charge in [0.1, 0.15) is 0 Å². The van der Waals surface area contributed by atoms with Crippen LogP contribution in [0, 0.1) is 6.92 Å². The molecule has 2 aromatic heterocycles. The quantitative estimate of drug-likeness (QED) is 0.540. The molecule has 1 amide bonds. The molecule has 4 aromatic rings. The Morgan fingerprint density at radius 1 is 1.03 bits per heavy atom. The van der Waals surface area contributed by atoms with Gasteiger partial charge in [-0.3, -0.25) is 14.3 Å². The molecule has 7 nitrogen and oxygen atoms in total. The minimum Gasteiger partial charge on any atom is -0.321 e. The maximum atomic E-state index is 12.6. The van der Waals surface area contributed by atoms with Crippen molar-refractivity contribution in [1.29, 1.82) is 0 Å². The molecular formula is C23H23N5O2. The van der Waals surface area contributed by atoms with E-state index in [9.17, 15) is 9.59 Å². The van der Waals surface area contributed by atoms with Crippen LogP contribution < -0.4 is 10.9 Å². The minimum absolute atomic E-state index is 0.198. The molecule has 0 aliphatic heterocycles. The molecule has 152 valence electrons. The number of H-pyrrole nitrogens is 1. The second kappa shape index (κ2) is 7.26. The monoisotopic (exact) mass is 401 g/mol. The van der Waals surface area contributed by atoms with E-state index < -0.39 is 0 Å². The van der Waals surface area contributed by atoms with Gasteiger partial charge < -0.3 is 5.32 Å². The van der Waals surface area contributed by atoms with Crippen molar-refractivity contribution in [3.8, 4) is 11.3 Å². The van der Waals surface area contributed by atoms with Crippen LogP contribution in [0.2, 0.25) is 0 Å². The summed E-state index contributed by atoms with van der Waals surface area (Å²) in [7, 11) is 0. The molecule has 2 N–H and O–H groups in total. The number of hydrogen-bond acceptors (Lipinski definition) is 4. The summed E-state index contributed by atoms with van der Waals surface area (Å²) < 4.78 is 1.85. The molecular weight excluding hydrogens is 378 g/mol. The maximum Gasteiger partial charge on any atom is 0.276 e. The van der Waals surface area contributed by atoms with Gasteiger partial charge in [0.25, 0.3) is 11.5 Å². The van der Waals surface area contributed by atoms with Crippen molar-refractivity contribution < 1.29 is 4.79 Å². The summed E-state index contributed by atoms with van der Waals surface area (Å²) in [5.74, 6) is -0.263. The highest BCUT2D eigenvalue weighted by Gasteiger charge is 2.20. The number of aryl methyl sites for hydroxylation is 1. The molecule has 2 aromatic carbocycles. The average molecular weight is 401 g/mol. The zero-order chi connectivity index (χ0) is 21.5. The Balaban J connectivity index is 1.59. The minimum atomic E-state index is -0.263. The third kappa shape index (κ3) is 3.61. The maximum absolute atomic E-state index is 12.6. The first-order valence-electron chi connectivity index (χ1n) is 9.70. The van der Waals surface area contributed by atoms with E-state index in [4.69, 9.17) is 0 Å². The van der Waals surface area contributed by atoms with Crippen LogP contribution in [-0.2, 0) is 5.54 Å². The molecule has 0 saturated carbocycles. The van der Waals surface area contributed by atoms with E-state index in [2.05, 4.69) is 20.6 Å². The van der Waals surface area contributed by atoms with Crippen LogP contribution in [0.1, 0.15) is 37.0 Å². The Kier molecular flexibility index (Phi) is 4.73. The molecule has 4 rings (SSSR count). The van der Waals surface area contributed by atoms with Gasteiger partial charge in [0.15, 0.2) is 5.69 Å². The molecule has 0 bridgehead atoms. The van der Waals surface area contributed by atoms with Crippen molar-refractivity contribution in [3.05, 3.63) is 76.3 Å². The standard InChI is InChI=1S/C23H23N5O2/c1-14-13-19(27-28(14)23(2,3)4)22(30)24-16-11-9-15(10-12-16)20-17-7-5-6-8-18(17)21(29)26-25-20/h5-13H,1-4H3,(H,24,30)(H,26,29). The summed E-state index contributed by atoms with van der Waals surface area (Å²) in [6, 6.07) is 16.5. The van der Waals surface area contributed by atoms with Crippen LogP contribution in [0.5, 0.6) is 0 Å². The number of benzene rings is 2. The van der Waals surface area contributed by atoms with E-state index in [1.54, 1.807) is 12.1 Å². The van der Waals surface area contributed by atoms with Gasteiger partial charge in [-0.1, -0.05) is 30.3 Å². The highest BCUT2D eigenvalue weighted by atomic mass is 16.2. The summed E-state index contributed by atoms with van der Waals surface area (Å²) in [4.78, 5) is 24.6. The predicted octanol–water partition coefficient (Wildman–Crippen LogP) is 4.10. The van der Waals surface area contributed by atoms with Crippen LogP contribution >= 0.6 is 0 Å². The first-order chi connectivity index (χ1) is 14.2. The highest BCUT2D eigenvalue weighted by Crippen LogP contribution is 2.25. The lowest BCUT2D eigenvalue weighted by Crippen LogP contribution is -2.25. The van der Waals surface area contributed by atoms with Crippen LogP contribution in [0.4, 0.5) is 5.69 Å². The molecule has 0 spiro atoms. The molecule has 0 radical (unpaired) electrons. The molecule has 2 heterocycles. The third-order valence-electron chi connectivity index (χ3n) is 4.87. The highest BCUT2D eigenvalue weighted by molar-refractivity contribution is 6.03. The lowest BCUT2D eigenvalue weighted by molar-refractivity contribution is 0.102. The second-order valence-electron chi connectivity index (χ2n) is 8.23. The van der Waals surface area contributed by atoms with Gasteiger partial charge in [-0.25, -0.2) is 5.10 Å². The lowest BCUT2D eigenvalue weighted by Gasteiger charge is -2.21. The fourth-order valence-electron chi connectivity index (χ4n) is 3.51. The summed E-state index contributed by atoms with van der Waals surface area (Å²) in [6.45, 7) is 8.07. The number of anilines is 1. The number of aromatic nitrogens is 4. The van der Waals surface area contributed by atoms with Crippen molar-refractivity contribution in [2.45, 2.75) is 33.2 Å². The normalized spacial score (nSPS) is 11.6. The number of rotatable bonds is 3. The van der Waals surface area contributed by atoms with Gasteiger partial charge >= 0.3 is 0 Å². The van der Waals surface area contributed by atoms with Crippen molar-refractivity contribution in [2.24, 2.45) is 0 Å². The smallest absolute Gasteiger partial charge is 0.276 e. The van der Waals surface area contributed by atoms with Crippen LogP contribution in [0.15, 0.2) is 59.4 Å². The van der Waals surface area contributed by atoms with Gasteiger partial charge in [0.2, 0.25) is 0 Å². The molecule has 0 saturated heterocycles. The van der Waals surface area contributed by atoms with E-state index in [-0.39, 0.29) is 17.0 Å². The fraction of sp³-hybridized carbons (Fsp3) is 0.217. The van der Waals surface area contributed by atoms with Crippen LogP contribution in [0.25, 0.3) is 22.0 Å². The zero-order valence-electron chi connectivity index (χ0n) is 17.4. The van der Waals surface area contributed by atoms with Gasteiger partial charge in [-0.15, -0.1) is 0 Å². The Morgan fingerprint density at radius 3 is 2.33 bits per heavy atom. The van der Waals surface area contributed by atoms with Crippen molar-refractivity contribution >= 4 is 22.4 Å². The third-order valence-corrected chi connectivity index (χ3v) is 4.87. The molecule has 0 aliphatic carbocycles. The van der Waals surface area contributed by atoms with E-state index in [0.29, 0.717) is 22.5 Å². The second-order valence-corrected chi connectivity index (χ2v) is 8.23. The Bertz CT molecular complexity index is 1290. The van der Waals surface area contributed by atoms with Gasteiger partial charge in [-0.2, -0.15) is 10.2 Å². The number of amides is 1. The average Bonchev–Trinajstić information content (AvgIpc) is 3.12. The predicted molar refractivity (Wildman–Crippen MR) is 118 cm³/mol. The van der Waals surface area contributed by atoms with E-state index in [1.165, 1.54) is 0 Å². The summed E-state index contributed by atoms with van der Waals surface area (Å²) in [6.07, 6.45) is 0. The topological polar surface area (TPSA) is 92.7 Å². The molecule has 0 atom stereocenters. The van der Waals surface area contributed by atoms with Crippen LogP contribution in [0.3, 0.4) is 0 Å². The molecule has 30 heavy (non-hydrogen) atoms. The van der Waals surface area contributed by atoms with Crippen molar-refractivity contribution in [2.75, 3.05) is 5.32 Å². The Labute approximate surface area is 173 Å². The summed E-state index contributed by atoms with van der Waals surface area (Å²) >= 11 is 0. The Morgan fingerprint density at radius 2 is 1.70 bits per heavy atom. The van der Waals surface area contributed by atoms with Gasteiger partial charge in [-0.05, 0) is 52.0 Å². The SMILES string of the molecule is Cc1cc(C(=O)Nc2ccc(-c3n[nH]c(=O)c4ccccc34)cc2)nn1C(C)(C)C. The first-order valence-corrected chi connectivity index (χ1v) is 9.70. The lowest BCUT2D eigenvalue weighted by atomic mass is 10.0. The number of aromatic amines is 1. The molecule has 0 fully saturated rings. The first kappa shape index (κ1) is 19.6. The van der Waals surface area contributed by atoms with E-state index in [1.807, 2.05) is 74.8 Å². The van der Waals surface area contributed by atoms with Crippen molar-refractivity contribution in [3.63, 3.8) is 0 Å². The summed E-state index contributed by atoms with van der Waals surface area (Å²) in [5.41, 5.74) is 3.06. The number of carbonyl (C=O) groups is 1. The van der Waals surface area contributed by atoms with E-state index in [0.717, 1.165) is 16.6 Å². The molecule has 0 aliphatic rings. The van der Waals surface area contributed by atoms with E-state index >= 15 is 0 Å². The molecule has 7 heteroatoms. The number of nitrogens with one attached hydrogen (secondary N) is 2. The molecule has 0 unspecified atom stereocenters. The Hall–Kier alpha value is -3.74. The van der Waals surface area contributed by atoms with Gasteiger partial charge in [0, 0.05) is 22.3 Å². The van der Waals surface area contributed by atoms with Gasteiger partial charge in [0.05, 0.1) is 16.6 Å². The largest absolute Gasteiger partial charge is 0.321 e. The number of carbonyl (C=O) groups excluding carboxylic acids is 1. The number of nitrogens with zero attached hydrogens (tertiary/aromatic N) is 3. The summed E-state index contributed by atoms with van der Waals surface area (Å²) in [5, 5.41) is 15.5. The fourth-order valence-corrected chi connectivity index (χ4v) is 3.51.